The topological polar surface area (TPSA) is 0 Å². The molecule has 0 aromatic carbocycles. The zero-order valence-electron chi connectivity index (χ0n) is 11.1. The minimum Gasteiger partial charge on any atom is -0.106 e. The fourth-order valence-corrected chi connectivity index (χ4v) is 0. The molecule has 0 saturated heterocycles. The third-order valence-electron chi connectivity index (χ3n) is 1.32. The Bertz CT molecular complexity index is 35.3. The second-order valence-corrected chi connectivity index (χ2v) is 2.80. The first-order valence-electron chi connectivity index (χ1n) is 5.68. The maximum Gasteiger partial charge on any atom is -0.0474 e. The SMILES string of the molecule is C=C.CC.CCC(C)C.CCCC. The normalized spacial score (nSPS) is 6.77. The minimum atomic E-state index is 0.884. The Kier molecular flexibility index (Phi) is 72.7. The molecule has 0 aromatic rings. The number of hydrogen-bond acceptors (Lipinski definition) is 0. The van der Waals surface area contributed by atoms with E-state index in [-0.39, 0.29) is 0 Å². The number of rotatable bonds is 2. The Morgan fingerprint density at radius 3 is 1.00 bits per heavy atom. The van der Waals surface area contributed by atoms with E-state index in [1.807, 2.05) is 13.8 Å². The average Bonchev–Trinajstić information content (AvgIpc) is 2.24. The lowest BCUT2D eigenvalue weighted by Gasteiger charge is -1.90. The molecule has 0 N–H and O–H groups in total. The van der Waals surface area contributed by atoms with Crippen molar-refractivity contribution in [3.63, 3.8) is 0 Å². The molecule has 0 aliphatic rings. The molecule has 0 aromatic heterocycles. The van der Waals surface area contributed by atoms with Crippen LogP contribution >= 0.6 is 0 Å². The Morgan fingerprint density at radius 2 is 1.00 bits per heavy atom. The maximum atomic E-state index is 3.00. The van der Waals surface area contributed by atoms with Crippen molar-refractivity contribution >= 4 is 0 Å². The molecular weight excluding hydrogens is 156 g/mol. The van der Waals surface area contributed by atoms with Crippen molar-refractivity contribution in [1.29, 1.82) is 0 Å². The van der Waals surface area contributed by atoms with Crippen LogP contribution in [0.25, 0.3) is 0 Å². The van der Waals surface area contributed by atoms with Gasteiger partial charge in [0.2, 0.25) is 0 Å². The van der Waals surface area contributed by atoms with Gasteiger partial charge < -0.3 is 0 Å². The highest BCUT2D eigenvalue weighted by molar-refractivity contribution is 4.32. The van der Waals surface area contributed by atoms with Gasteiger partial charge in [-0.25, -0.2) is 0 Å². The summed E-state index contributed by atoms with van der Waals surface area (Å²) >= 11 is 0. The molecule has 0 radical (unpaired) electrons. The van der Waals surface area contributed by atoms with Gasteiger partial charge in [-0.05, 0) is 5.92 Å². The summed E-state index contributed by atoms with van der Waals surface area (Å²) in [5.74, 6) is 0.884. The second-order valence-electron chi connectivity index (χ2n) is 2.80. The van der Waals surface area contributed by atoms with E-state index in [1.165, 1.54) is 19.3 Å². The molecule has 0 nitrogen and oxygen atoms in total. The molecule has 0 rings (SSSR count). The first-order chi connectivity index (χ1) is 6.18. The molecule has 0 aliphatic heterocycles. The van der Waals surface area contributed by atoms with Crippen molar-refractivity contribution in [2.75, 3.05) is 0 Å². The van der Waals surface area contributed by atoms with Crippen LogP contribution in [0, 0.1) is 5.92 Å². The van der Waals surface area contributed by atoms with Crippen molar-refractivity contribution in [2.24, 2.45) is 5.92 Å². The predicted molar refractivity (Wildman–Crippen MR) is 68.3 cm³/mol. The third-order valence-corrected chi connectivity index (χ3v) is 1.32. The molecule has 84 valence electrons. The first kappa shape index (κ1) is 23.0. The number of hydrogen-bond donors (Lipinski definition) is 0. The van der Waals surface area contributed by atoms with E-state index in [2.05, 4.69) is 47.8 Å². The summed E-state index contributed by atoms with van der Waals surface area (Å²) in [4.78, 5) is 0. The monoisotopic (exact) mass is 188 g/mol. The summed E-state index contributed by atoms with van der Waals surface area (Å²) in [6, 6.07) is 0. The summed E-state index contributed by atoms with van der Waals surface area (Å²) in [6.45, 7) is 21.0. The van der Waals surface area contributed by atoms with E-state index < -0.39 is 0 Å². The highest BCUT2D eigenvalue weighted by atomic mass is 13.9. The van der Waals surface area contributed by atoms with Crippen LogP contribution in [0.2, 0.25) is 0 Å². The smallest absolute Gasteiger partial charge is 0.0474 e. The van der Waals surface area contributed by atoms with E-state index in [9.17, 15) is 0 Å². The third kappa shape index (κ3) is 148. The van der Waals surface area contributed by atoms with Gasteiger partial charge in [0.15, 0.2) is 0 Å². The van der Waals surface area contributed by atoms with Crippen molar-refractivity contribution in [1.82, 2.24) is 0 Å². The highest BCUT2D eigenvalue weighted by Gasteiger charge is 1.80. The molecule has 0 aliphatic carbocycles. The summed E-state index contributed by atoms with van der Waals surface area (Å²) in [6.07, 6.45) is 3.94. The van der Waals surface area contributed by atoms with Gasteiger partial charge >= 0.3 is 0 Å². The quantitative estimate of drug-likeness (QED) is 0.488. The van der Waals surface area contributed by atoms with Gasteiger partial charge in [-0.2, -0.15) is 0 Å². The molecule has 13 heavy (non-hydrogen) atoms. The minimum absolute atomic E-state index is 0.884. The molecule has 0 saturated carbocycles. The van der Waals surface area contributed by atoms with Gasteiger partial charge in [-0.3, -0.25) is 0 Å². The first-order valence-corrected chi connectivity index (χ1v) is 5.68. The highest BCUT2D eigenvalue weighted by Crippen LogP contribution is 1.93. The van der Waals surface area contributed by atoms with E-state index in [0.29, 0.717) is 0 Å². The fourth-order valence-electron chi connectivity index (χ4n) is 0. The van der Waals surface area contributed by atoms with Crippen molar-refractivity contribution < 1.29 is 0 Å². The average molecular weight is 188 g/mol. The molecule has 0 fully saturated rings. The zero-order valence-corrected chi connectivity index (χ0v) is 11.1. The largest absolute Gasteiger partial charge is 0.106 e. The van der Waals surface area contributed by atoms with Gasteiger partial charge in [0.25, 0.3) is 0 Å². The Labute approximate surface area is 87.4 Å². The molecular formula is C13H32. The van der Waals surface area contributed by atoms with Crippen LogP contribution in [0.4, 0.5) is 0 Å². The summed E-state index contributed by atoms with van der Waals surface area (Å²) in [7, 11) is 0. The van der Waals surface area contributed by atoms with Gasteiger partial charge in [-0.1, -0.05) is 67.7 Å². The van der Waals surface area contributed by atoms with Crippen LogP contribution < -0.4 is 0 Å². The summed E-state index contributed by atoms with van der Waals surface area (Å²) in [5.41, 5.74) is 0. The van der Waals surface area contributed by atoms with Crippen LogP contribution in [0.1, 0.15) is 67.7 Å². The Balaban J connectivity index is -0.0000000457. The molecule has 0 amide bonds. The lowest BCUT2D eigenvalue weighted by molar-refractivity contribution is 0.626. The van der Waals surface area contributed by atoms with Gasteiger partial charge in [-0.15, -0.1) is 13.2 Å². The summed E-state index contributed by atoms with van der Waals surface area (Å²) in [5, 5.41) is 0. The van der Waals surface area contributed by atoms with Crippen LogP contribution in [0.5, 0.6) is 0 Å². The Morgan fingerprint density at radius 1 is 0.846 bits per heavy atom. The lowest BCUT2D eigenvalue weighted by Crippen LogP contribution is -1.77. The van der Waals surface area contributed by atoms with Crippen molar-refractivity contribution in [2.45, 2.75) is 67.7 Å². The summed E-state index contributed by atoms with van der Waals surface area (Å²) < 4.78 is 0. The molecule has 0 spiro atoms. The molecule has 0 unspecified atom stereocenters. The maximum absolute atomic E-state index is 3.00. The van der Waals surface area contributed by atoms with Gasteiger partial charge in [0.1, 0.15) is 0 Å². The van der Waals surface area contributed by atoms with Crippen molar-refractivity contribution in [3.8, 4) is 0 Å². The standard InChI is InChI=1S/C5H12.C4H10.C2H6.C2H4/c1-4-5(2)3;1-3-4-2;2*1-2/h5H,4H2,1-3H3;3-4H2,1-2H3;1-2H3;1-2H2. The molecule has 0 heteroatoms. The lowest BCUT2D eigenvalue weighted by atomic mass is 10.2. The second kappa shape index (κ2) is 41.1. The molecule has 0 bridgehead atoms. The Hall–Kier alpha value is -0.260. The van der Waals surface area contributed by atoms with E-state index >= 15 is 0 Å². The predicted octanol–water partition coefficient (Wildman–Crippen LogP) is 5.69. The van der Waals surface area contributed by atoms with Gasteiger partial charge in [0, 0.05) is 0 Å². The van der Waals surface area contributed by atoms with E-state index in [4.69, 9.17) is 0 Å². The zero-order chi connectivity index (χ0) is 11.7. The van der Waals surface area contributed by atoms with Crippen molar-refractivity contribution in [3.05, 3.63) is 13.2 Å². The van der Waals surface area contributed by atoms with Crippen LogP contribution in [-0.4, -0.2) is 0 Å². The fraction of sp³-hybridized carbons (Fsp3) is 0.846. The van der Waals surface area contributed by atoms with E-state index in [0.717, 1.165) is 5.92 Å². The number of unbranched alkanes of at least 4 members (excludes halogenated alkanes) is 1. The van der Waals surface area contributed by atoms with E-state index in [1.54, 1.807) is 0 Å². The van der Waals surface area contributed by atoms with Crippen LogP contribution in [-0.2, 0) is 0 Å². The molecule has 0 atom stereocenters. The van der Waals surface area contributed by atoms with Crippen LogP contribution in [0.15, 0.2) is 13.2 Å². The van der Waals surface area contributed by atoms with Crippen LogP contribution in [0.3, 0.4) is 0 Å². The molecule has 0 heterocycles. The van der Waals surface area contributed by atoms with Gasteiger partial charge in [0.05, 0.1) is 0 Å².